The maximum atomic E-state index is 12.2. The van der Waals surface area contributed by atoms with Crippen LogP contribution >= 0.6 is 0 Å². The van der Waals surface area contributed by atoms with Crippen LogP contribution in [0.5, 0.6) is 0 Å². The van der Waals surface area contributed by atoms with E-state index in [1.807, 2.05) is 0 Å². The van der Waals surface area contributed by atoms with Crippen molar-refractivity contribution in [3.8, 4) is 0 Å². The highest BCUT2D eigenvalue weighted by Gasteiger charge is 2.61. The summed E-state index contributed by atoms with van der Waals surface area (Å²) in [4.78, 5) is 24.2. The summed E-state index contributed by atoms with van der Waals surface area (Å²) < 4.78 is 5.08. The fourth-order valence-electron chi connectivity index (χ4n) is 8.26. The number of esters is 1. The Labute approximate surface area is 158 Å². The normalized spacial score (nSPS) is 48.9. The van der Waals surface area contributed by atoms with Crippen molar-refractivity contribution in [3.05, 3.63) is 0 Å². The number of hydrogen-bond donors (Lipinski definition) is 0. The molecule has 0 aromatic rings. The summed E-state index contributed by atoms with van der Waals surface area (Å²) in [6.45, 7) is 7.07. The van der Waals surface area contributed by atoms with E-state index in [4.69, 9.17) is 4.74 Å². The van der Waals surface area contributed by atoms with E-state index >= 15 is 0 Å². The third-order valence-corrected chi connectivity index (χ3v) is 9.73. The predicted molar refractivity (Wildman–Crippen MR) is 101 cm³/mol. The van der Waals surface area contributed by atoms with Gasteiger partial charge in [-0.3, -0.25) is 9.59 Å². The number of rotatable bonds is 2. The van der Waals surface area contributed by atoms with Crippen molar-refractivity contribution < 1.29 is 14.3 Å². The van der Waals surface area contributed by atoms with Gasteiger partial charge in [-0.2, -0.15) is 0 Å². The Morgan fingerprint density at radius 3 is 2.50 bits per heavy atom. The minimum atomic E-state index is -0.0274. The van der Waals surface area contributed by atoms with Crippen LogP contribution in [0.2, 0.25) is 0 Å². The molecule has 0 aromatic heterocycles. The summed E-state index contributed by atoms with van der Waals surface area (Å²) in [7, 11) is 1.52. The van der Waals surface area contributed by atoms with Gasteiger partial charge in [-0.15, -0.1) is 0 Å². The topological polar surface area (TPSA) is 43.4 Å². The number of hydrogen-bond acceptors (Lipinski definition) is 3. The van der Waals surface area contributed by atoms with E-state index in [1.165, 1.54) is 45.6 Å². The Bertz CT molecular complexity index is 598. The van der Waals surface area contributed by atoms with Gasteiger partial charge in [0.15, 0.2) is 0 Å². The van der Waals surface area contributed by atoms with Gasteiger partial charge in [0.1, 0.15) is 5.78 Å². The lowest BCUT2D eigenvalue weighted by atomic mass is 9.44. The highest BCUT2D eigenvalue weighted by atomic mass is 16.5. The monoisotopic (exact) mass is 360 g/mol. The smallest absolute Gasteiger partial charge is 0.308 e. The van der Waals surface area contributed by atoms with Gasteiger partial charge in [-0.05, 0) is 85.4 Å². The molecule has 4 rings (SSSR count). The second-order valence-electron chi connectivity index (χ2n) is 10.4. The van der Waals surface area contributed by atoms with Crippen LogP contribution in [0.15, 0.2) is 0 Å². The van der Waals surface area contributed by atoms with Crippen LogP contribution in [-0.4, -0.2) is 18.9 Å². The molecule has 0 bridgehead atoms. The van der Waals surface area contributed by atoms with Crippen molar-refractivity contribution in [2.24, 2.45) is 46.3 Å². The number of fused-ring (bicyclic) bond motifs is 5. The maximum Gasteiger partial charge on any atom is 0.308 e. The molecule has 146 valence electrons. The third-order valence-electron chi connectivity index (χ3n) is 9.73. The van der Waals surface area contributed by atoms with Crippen molar-refractivity contribution in [2.75, 3.05) is 7.11 Å². The highest BCUT2D eigenvalue weighted by molar-refractivity contribution is 5.79. The first kappa shape index (κ1) is 18.5. The molecule has 0 unspecified atom stereocenters. The molecule has 0 aromatic carbocycles. The van der Waals surface area contributed by atoms with Crippen LogP contribution in [0.1, 0.15) is 78.6 Å². The van der Waals surface area contributed by atoms with E-state index < -0.39 is 0 Å². The Balaban J connectivity index is 1.58. The molecule has 4 aliphatic carbocycles. The predicted octanol–water partition coefficient (Wildman–Crippen LogP) is 5.02. The first-order chi connectivity index (χ1) is 12.3. The number of ether oxygens (including phenoxy) is 1. The minimum Gasteiger partial charge on any atom is -0.469 e. The van der Waals surface area contributed by atoms with Gasteiger partial charge in [0.2, 0.25) is 0 Å². The standard InChI is InChI=1S/C23H36O3/c1-14(21(25)26-4)18-7-8-19-17-6-5-15-13-16(24)9-11-22(15,2)20(17)10-12-23(18,19)3/h14-15,17-20H,5-13H2,1-4H3/t14-,15+,17-,18+,19-,20-,22+,23+/m1/s1. The van der Waals surface area contributed by atoms with Gasteiger partial charge in [0.05, 0.1) is 13.0 Å². The maximum absolute atomic E-state index is 12.2. The SMILES string of the molecule is COC(=O)[C@H](C)[C@@H]1CC[C@@H]2[C@H]3CC[C@H]4CC(=O)CC[C@]4(C)[C@@H]3CC[C@]21C. The molecule has 4 fully saturated rings. The van der Waals surface area contributed by atoms with Crippen LogP contribution in [0.25, 0.3) is 0 Å². The average molecular weight is 361 g/mol. The molecule has 3 nitrogen and oxygen atoms in total. The fraction of sp³-hybridized carbons (Fsp3) is 0.913. The summed E-state index contributed by atoms with van der Waals surface area (Å²) >= 11 is 0. The molecule has 4 saturated carbocycles. The van der Waals surface area contributed by atoms with E-state index in [0.717, 1.165) is 37.0 Å². The molecule has 0 heterocycles. The third kappa shape index (κ3) is 2.52. The lowest BCUT2D eigenvalue weighted by molar-refractivity contribution is -0.152. The largest absolute Gasteiger partial charge is 0.469 e. The molecule has 8 atom stereocenters. The number of carbonyl (C=O) groups excluding carboxylic acids is 2. The zero-order valence-corrected chi connectivity index (χ0v) is 17.1. The van der Waals surface area contributed by atoms with E-state index in [2.05, 4.69) is 20.8 Å². The van der Waals surface area contributed by atoms with E-state index in [1.54, 1.807) is 0 Å². The van der Waals surface area contributed by atoms with Crippen molar-refractivity contribution in [1.29, 1.82) is 0 Å². The first-order valence-electron chi connectivity index (χ1n) is 10.9. The van der Waals surface area contributed by atoms with Gasteiger partial charge in [0, 0.05) is 12.8 Å². The lowest BCUT2D eigenvalue weighted by Gasteiger charge is -2.60. The van der Waals surface area contributed by atoms with Crippen molar-refractivity contribution in [3.63, 3.8) is 0 Å². The van der Waals surface area contributed by atoms with E-state index in [-0.39, 0.29) is 11.9 Å². The molecule has 0 spiro atoms. The average Bonchev–Trinajstić information content (AvgIpc) is 2.98. The molecule has 0 aliphatic heterocycles. The van der Waals surface area contributed by atoms with Gasteiger partial charge in [-0.25, -0.2) is 0 Å². The van der Waals surface area contributed by atoms with Crippen LogP contribution in [0, 0.1) is 46.3 Å². The summed E-state index contributed by atoms with van der Waals surface area (Å²) in [5.74, 6) is 3.94. The molecule has 0 N–H and O–H groups in total. The Kier molecular flexibility index (Phi) is 4.51. The zero-order chi connectivity index (χ0) is 18.7. The summed E-state index contributed by atoms with van der Waals surface area (Å²) in [5.41, 5.74) is 0.673. The second-order valence-corrected chi connectivity index (χ2v) is 10.4. The van der Waals surface area contributed by atoms with E-state index in [0.29, 0.717) is 28.4 Å². The molecular formula is C23H36O3. The van der Waals surface area contributed by atoms with Gasteiger partial charge in [0.25, 0.3) is 0 Å². The first-order valence-corrected chi connectivity index (χ1v) is 10.9. The van der Waals surface area contributed by atoms with Crippen LogP contribution < -0.4 is 0 Å². The molecule has 0 radical (unpaired) electrons. The quantitative estimate of drug-likeness (QED) is 0.649. The second kappa shape index (κ2) is 6.34. The molecule has 0 amide bonds. The zero-order valence-electron chi connectivity index (χ0n) is 17.1. The molecule has 0 saturated heterocycles. The lowest BCUT2D eigenvalue weighted by Crippen LogP contribution is -2.54. The van der Waals surface area contributed by atoms with Crippen LogP contribution in [0.4, 0.5) is 0 Å². The molecular weight excluding hydrogens is 324 g/mol. The Hall–Kier alpha value is -0.860. The van der Waals surface area contributed by atoms with Crippen LogP contribution in [0.3, 0.4) is 0 Å². The molecule has 26 heavy (non-hydrogen) atoms. The highest BCUT2D eigenvalue weighted by Crippen LogP contribution is 2.68. The molecule has 4 aliphatic rings. The summed E-state index contributed by atoms with van der Waals surface area (Å²) in [5, 5.41) is 0. The van der Waals surface area contributed by atoms with Crippen molar-refractivity contribution >= 4 is 11.8 Å². The molecule has 3 heteroatoms. The van der Waals surface area contributed by atoms with Gasteiger partial charge in [-0.1, -0.05) is 20.8 Å². The fourth-order valence-corrected chi connectivity index (χ4v) is 8.26. The number of methoxy groups -OCH3 is 1. The Morgan fingerprint density at radius 2 is 1.77 bits per heavy atom. The number of carbonyl (C=O) groups is 2. The van der Waals surface area contributed by atoms with Crippen LogP contribution in [-0.2, 0) is 14.3 Å². The van der Waals surface area contributed by atoms with Gasteiger partial charge >= 0.3 is 5.97 Å². The minimum absolute atomic E-state index is 0.0192. The van der Waals surface area contributed by atoms with E-state index in [9.17, 15) is 9.59 Å². The van der Waals surface area contributed by atoms with Crippen molar-refractivity contribution in [1.82, 2.24) is 0 Å². The number of ketones is 1. The van der Waals surface area contributed by atoms with Crippen molar-refractivity contribution in [2.45, 2.75) is 78.6 Å². The van der Waals surface area contributed by atoms with Gasteiger partial charge < -0.3 is 4.74 Å². The Morgan fingerprint density at radius 1 is 1.04 bits per heavy atom. The summed E-state index contributed by atoms with van der Waals surface area (Å²) in [6, 6.07) is 0. The summed E-state index contributed by atoms with van der Waals surface area (Å²) in [6.07, 6.45) is 10.3. The number of Topliss-reactive ketones (excluding diaryl/α,β-unsaturated/α-hetero) is 1.